The quantitative estimate of drug-likeness (QED) is 0.180. The highest BCUT2D eigenvalue weighted by Gasteiger charge is 2.32. The van der Waals surface area contributed by atoms with Gasteiger partial charge < -0.3 is 34.3 Å². The van der Waals surface area contributed by atoms with Crippen molar-refractivity contribution in [1.29, 1.82) is 0 Å². The third-order valence-corrected chi connectivity index (χ3v) is 10.9. The minimum Gasteiger partial charge on any atom is -0.497 e. The molecule has 10 heteroatoms. The Hall–Kier alpha value is -4.83. The number of carbonyl (C=O) groups excluding carboxylic acids is 2. The number of aromatic amines is 1. The van der Waals surface area contributed by atoms with E-state index < -0.39 is 5.54 Å². The lowest BCUT2D eigenvalue weighted by molar-refractivity contribution is 0.0546. The van der Waals surface area contributed by atoms with E-state index in [-0.39, 0.29) is 17.9 Å². The summed E-state index contributed by atoms with van der Waals surface area (Å²) in [6, 6.07) is 17.7. The van der Waals surface area contributed by atoms with E-state index in [1.54, 1.807) is 24.1 Å². The van der Waals surface area contributed by atoms with Gasteiger partial charge in [-0.3, -0.25) is 9.59 Å². The second kappa shape index (κ2) is 12.8. The van der Waals surface area contributed by atoms with Gasteiger partial charge in [0, 0.05) is 46.7 Å². The van der Waals surface area contributed by atoms with Crippen LogP contribution in [0.3, 0.4) is 0 Å². The molecule has 3 aliphatic rings. The zero-order valence-corrected chi connectivity index (χ0v) is 29.1. The fourth-order valence-electron chi connectivity index (χ4n) is 8.14. The van der Waals surface area contributed by atoms with Gasteiger partial charge in [-0.15, -0.1) is 0 Å². The Bertz CT molecular complexity index is 2100. The van der Waals surface area contributed by atoms with E-state index in [1.165, 1.54) is 35.9 Å². The number of nitrogens with one attached hydrogen (secondary N) is 2. The Balaban J connectivity index is 1.10. The Kier molecular flexibility index (Phi) is 8.29. The molecule has 5 aromatic rings. The lowest BCUT2D eigenvalue weighted by Crippen LogP contribution is -2.41. The number of benzene rings is 3. The van der Waals surface area contributed by atoms with Crippen molar-refractivity contribution in [1.82, 2.24) is 24.8 Å². The zero-order chi connectivity index (χ0) is 34.6. The number of hydrogen-bond acceptors (Lipinski definition) is 6. The van der Waals surface area contributed by atoms with E-state index in [1.807, 2.05) is 44.2 Å². The van der Waals surface area contributed by atoms with Crippen LogP contribution in [-0.2, 0) is 12.1 Å². The predicted molar refractivity (Wildman–Crippen MR) is 193 cm³/mol. The first-order valence-electron chi connectivity index (χ1n) is 18.0. The summed E-state index contributed by atoms with van der Waals surface area (Å²) in [4.78, 5) is 37.1. The zero-order valence-electron chi connectivity index (χ0n) is 29.1. The maximum atomic E-state index is 14.0. The van der Waals surface area contributed by atoms with E-state index in [2.05, 4.69) is 27.0 Å². The minimum atomic E-state index is -0.826. The number of carbonyl (C=O) groups is 2. The topological polar surface area (TPSA) is 122 Å². The number of methoxy groups -OCH3 is 1. The largest absolute Gasteiger partial charge is 0.497 e. The number of piperidine rings is 1. The smallest absolute Gasteiger partial charge is 0.253 e. The number of aromatic nitrogens is 3. The number of ether oxygens (including phenoxy) is 2. The molecule has 3 N–H and O–H groups in total. The van der Waals surface area contributed by atoms with E-state index in [0.29, 0.717) is 67.5 Å². The number of hydrogen-bond donors (Lipinski definition) is 3. The lowest BCUT2D eigenvalue weighted by atomic mass is 9.81. The summed E-state index contributed by atoms with van der Waals surface area (Å²) in [6.07, 6.45) is 6.87. The van der Waals surface area contributed by atoms with Gasteiger partial charge in [-0.05, 0) is 93.5 Å². The summed E-state index contributed by atoms with van der Waals surface area (Å²) >= 11 is 0. The van der Waals surface area contributed by atoms with Gasteiger partial charge in [0.05, 0.1) is 42.0 Å². The molecular formula is C40H45N5O5. The van der Waals surface area contributed by atoms with Gasteiger partial charge in [-0.1, -0.05) is 25.3 Å². The molecule has 4 heterocycles. The molecule has 2 aliphatic heterocycles. The number of fused-ring (bicyclic) bond motifs is 6. The molecule has 1 aliphatic carbocycles. The number of amides is 2. The SMILES string of the molecule is COc1ccc2c(c1)OCCn1c-2c(C2CCCCC2)c2ccc(C(=O)NC(C)(C)c3nc4cc(C(=O)N5CCC(O)CC5)ccc4[nH]3)cc21. The van der Waals surface area contributed by atoms with Gasteiger partial charge in [-0.25, -0.2) is 4.98 Å². The first kappa shape index (κ1) is 32.4. The molecule has 0 atom stereocenters. The monoisotopic (exact) mass is 675 g/mol. The van der Waals surface area contributed by atoms with Gasteiger partial charge >= 0.3 is 0 Å². The highest BCUT2D eigenvalue weighted by Crippen LogP contribution is 2.47. The summed E-state index contributed by atoms with van der Waals surface area (Å²) < 4.78 is 14.2. The Labute approximate surface area is 291 Å². The summed E-state index contributed by atoms with van der Waals surface area (Å²) in [5, 5.41) is 14.3. The van der Waals surface area contributed by atoms with Crippen molar-refractivity contribution < 1.29 is 24.2 Å². The predicted octanol–water partition coefficient (Wildman–Crippen LogP) is 6.90. The number of likely N-dealkylation sites (tertiary alicyclic amines) is 1. The molecule has 2 amide bonds. The molecule has 0 radical (unpaired) electrons. The van der Waals surface area contributed by atoms with Crippen LogP contribution < -0.4 is 14.8 Å². The van der Waals surface area contributed by atoms with Crippen LogP contribution in [-0.4, -0.2) is 69.3 Å². The van der Waals surface area contributed by atoms with Crippen LogP contribution in [0.25, 0.3) is 33.2 Å². The van der Waals surface area contributed by atoms with Crippen molar-refractivity contribution in [3.63, 3.8) is 0 Å². The molecule has 2 aromatic heterocycles. The van der Waals surface area contributed by atoms with Crippen molar-refractivity contribution in [3.05, 3.63) is 77.1 Å². The van der Waals surface area contributed by atoms with Gasteiger partial charge in [0.2, 0.25) is 0 Å². The fraction of sp³-hybridized carbons (Fsp3) is 0.425. The van der Waals surface area contributed by atoms with E-state index in [4.69, 9.17) is 14.5 Å². The number of aliphatic hydroxyl groups excluding tert-OH is 1. The second-order valence-electron chi connectivity index (χ2n) is 14.6. The standard InChI is InChI=1S/C40H45N5O5/c1-40(2,39-41-31-14-10-26(21-32(31)42-39)38(48)44-17-15-27(46)16-18-44)43-37(47)25-9-12-29-33(22-25)45-19-20-50-34-23-28(49-3)11-13-30(34)36(45)35(29)24-7-5-4-6-8-24/h9-14,21-24,27,46H,4-8,15-20H2,1-3H3,(H,41,42)(H,43,47). The molecule has 3 aromatic carbocycles. The van der Waals surface area contributed by atoms with Crippen molar-refractivity contribution in [3.8, 4) is 22.8 Å². The minimum absolute atomic E-state index is 0.0593. The van der Waals surface area contributed by atoms with Gasteiger partial charge in [0.1, 0.15) is 23.9 Å². The summed E-state index contributed by atoms with van der Waals surface area (Å²) in [5.41, 5.74) is 6.44. The van der Waals surface area contributed by atoms with Crippen molar-refractivity contribution in [2.45, 2.75) is 82.9 Å². The van der Waals surface area contributed by atoms with Crippen LogP contribution in [0.4, 0.5) is 0 Å². The molecule has 8 rings (SSSR count). The highest BCUT2D eigenvalue weighted by molar-refractivity contribution is 6.02. The molecule has 260 valence electrons. The van der Waals surface area contributed by atoms with Crippen molar-refractivity contribution in [2.24, 2.45) is 0 Å². The molecule has 0 spiro atoms. The van der Waals surface area contributed by atoms with Crippen LogP contribution in [0.15, 0.2) is 54.6 Å². The van der Waals surface area contributed by atoms with Crippen LogP contribution >= 0.6 is 0 Å². The molecule has 1 saturated heterocycles. The van der Waals surface area contributed by atoms with Crippen LogP contribution in [0.2, 0.25) is 0 Å². The van der Waals surface area contributed by atoms with Crippen LogP contribution in [0, 0.1) is 0 Å². The molecule has 50 heavy (non-hydrogen) atoms. The number of H-pyrrole nitrogens is 1. The Morgan fingerprint density at radius 1 is 0.960 bits per heavy atom. The van der Waals surface area contributed by atoms with Gasteiger partial charge in [0.15, 0.2) is 0 Å². The third-order valence-electron chi connectivity index (χ3n) is 10.9. The normalized spacial score (nSPS) is 17.2. The number of rotatable bonds is 6. The summed E-state index contributed by atoms with van der Waals surface area (Å²) in [7, 11) is 1.67. The highest BCUT2D eigenvalue weighted by atomic mass is 16.5. The molecule has 0 unspecified atom stereocenters. The van der Waals surface area contributed by atoms with E-state index in [0.717, 1.165) is 40.9 Å². The maximum absolute atomic E-state index is 14.0. The first-order chi connectivity index (χ1) is 24.2. The van der Waals surface area contributed by atoms with E-state index >= 15 is 0 Å². The Morgan fingerprint density at radius 3 is 2.52 bits per heavy atom. The first-order valence-corrected chi connectivity index (χ1v) is 18.0. The van der Waals surface area contributed by atoms with Gasteiger partial charge in [0.25, 0.3) is 11.8 Å². The summed E-state index contributed by atoms with van der Waals surface area (Å²) in [6.45, 7) is 6.14. The molecule has 0 bridgehead atoms. The third kappa shape index (κ3) is 5.79. The molecule has 1 saturated carbocycles. The number of imidazole rings is 1. The maximum Gasteiger partial charge on any atom is 0.253 e. The van der Waals surface area contributed by atoms with Gasteiger partial charge in [-0.2, -0.15) is 0 Å². The number of aliphatic hydroxyl groups is 1. The average molecular weight is 676 g/mol. The molecule has 2 fully saturated rings. The number of nitrogens with zero attached hydrogens (tertiary/aromatic N) is 3. The Morgan fingerprint density at radius 2 is 1.74 bits per heavy atom. The second-order valence-corrected chi connectivity index (χ2v) is 14.6. The molecule has 10 nitrogen and oxygen atoms in total. The van der Waals surface area contributed by atoms with E-state index in [9.17, 15) is 14.7 Å². The average Bonchev–Trinajstić information content (AvgIpc) is 3.65. The van der Waals surface area contributed by atoms with Crippen LogP contribution in [0.1, 0.15) is 96.8 Å². The van der Waals surface area contributed by atoms with Crippen molar-refractivity contribution >= 4 is 33.8 Å². The van der Waals surface area contributed by atoms with Crippen molar-refractivity contribution in [2.75, 3.05) is 26.8 Å². The fourth-order valence-corrected chi connectivity index (χ4v) is 8.14. The van der Waals surface area contributed by atoms with Crippen LogP contribution in [0.5, 0.6) is 11.5 Å². The lowest BCUT2D eigenvalue weighted by Gasteiger charge is -2.29. The molecular weight excluding hydrogens is 630 g/mol. The summed E-state index contributed by atoms with van der Waals surface area (Å²) in [5.74, 6) is 2.41.